The second-order valence-electron chi connectivity index (χ2n) is 6.16. The lowest BCUT2D eigenvalue weighted by atomic mass is 9.95. The molecule has 1 aromatic carbocycles. The minimum Gasteiger partial charge on any atom is -0.396 e. The van der Waals surface area contributed by atoms with Crippen molar-refractivity contribution in [3.05, 3.63) is 48.3 Å². The fraction of sp³-hybridized carbons (Fsp3) is 0.444. The van der Waals surface area contributed by atoms with E-state index in [4.69, 9.17) is 0 Å². The molecule has 1 amide bonds. The number of rotatable bonds is 4. The predicted molar refractivity (Wildman–Crippen MR) is 88.5 cm³/mol. The molecule has 23 heavy (non-hydrogen) atoms. The van der Waals surface area contributed by atoms with Gasteiger partial charge < -0.3 is 10.4 Å². The maximum atomic E-state index is 12.6. The maximum Gasteiger partial charge on any atom is 0.251 e. The fourth-order valence-corrected chi connectivity index (χ4v) is 3.26. The van der Waals surface area contributed by atoms with Gasteiger partial charge in [-0.25, -0.2) is 4.68 Å². The van der Waals surface area contributed by atoms with Gasteiger partial charge in [0, 0.05) is 36.5 Å². The van der Waals surface area contributed by atoms with Gasteiger partial charge in [0.25, 0.3) is 5.91 Å². The highest BCUT2D eigenvalue weighted by atomic mass is 16.3. The Bertz CT molecular complexity index is 639. The van der Waals surface area contributed by atoms with Gasteiger partial charge in [-0.2, -0.15) is 5.10 Å². The standard InChI is InChI=1S/C18H23N3O2/c22-13-15-6-2-1-3-9-17(15)20-18(23)14-7-4-8-16(12-14)21-11-5-10-19-21/h4-5,7-8,10-12,15,17,22H,1-3,6,9,13H2,(H,20,23). The highest BCUT2D eigenvalue weighted by Gasteiger charge is 2.25. The topological polar surface area (TPSA) is 67.2 Å². The van der Waals surface area contributed by atoms with E-state index in [1.54, 1.807) is 10.9 Å². The van der Waals surface area contributed by atoms with Crippen LogP contribution in [-0.2, 0) is 0 Å². The first-order valence-corrected chi connectivity index (χ1v) is 8.30. The highest BCUT2D eigenvalue weighted by Crippen LogP contribution is 2.23. The average Bonchev–Trinajstić information content (AvgIpc) is 3.03. The summed E-state index contributed by atoms with van der Waals surface area (Å²) in [7, 11) is 0. The van der Waals surface area contributed by atoms with E-state index in [9.17, 15) is 9.90 Å². The van der Waals surface area contributed by atoms with Crippen molar-refractivity contribution in [2.75, 3.05) is 6.61 Å². The van der Waals surface area contributed by atoms with Crippen molar-refractivity contribution in [2.24, 2.45) is 5.92 Å². The first-order valence-electron chi connectivity index (χ1n) is 8.30. The Balaban J connectivity index is 1.73. The van der Waals surface area contributed by atoms with Gasteiger partial charge in [0.2, 0.25) is 0 Å². The van der Waals surface area contributed by atoms with E-state index in [1.807, 2.05) is 36.5 Å². The molecule has 1 aliphatic rings. The molecule has 2 aromatic rings. The number of aromatic nitrogens is 2. The summed E-state index contributed by atoms with van der Waals surface area (Å²) < 4.78 is 1.74. The average molecular weight is 313 g/mol. The summed E-state index contributed by atoms with van der Waals surface area (Å²) in [6.07, 6.45) is 8.90. The van der Waals surface area contributed by atoms with Gasteiger partial charge >= 0.3 is 0 Å². The summed E-state index contributed by atoms with van der Waals surface area (Å²) in [6.45, 7) is 0.137. The van der Waals surface area contributed by atoms with Crippen molar-refractivity contribution in [3.8, 4) is 5.69 Å². The van der Waals surface area contributed by atoms with Crippen molar-refractivity contribution < 1.29 is 9.90 Å². The third-order valence-electron chi connectivity index (χ3n) is 4.59. The predicted octanol–water partition coefficient (Wildman–Crippen LogP) is 2.54. The molecular formula is C18H23N3O2. The zero-order valence-corrected chi connectivity index (χ0v) is 13.2. The van der Waals surface area contributed by atoms with Gasteiger partial charge in [-0.3, -0.25) is 4.79 Å². The quantitative estimate of drug-likeness (QED) is 0.852. The molecule has 1 fully saturated rings. The normalized spacial score (nSPS) is 21.6. The lowest BCUT2D eigenvalue weighted by Gasteiger charge is -2.24. The molecule has 1 aromatic heterocycles. The number of aliphatic hydroxyl groups is 1. The summed E-state index contributed by atoms with van der Waals surface area (Å²) >= 11 is 0. The summed E-state index contributed by atoms with van der Waals surface area (Å²) in [4.78, 5) is 12.6. The molecule has 2 N–H and O–H groups in total. The van der Waals surface area contributed by atoms with Crippen LogP contribution in [0.4, 0.5) is 0 Å². The molecule has 1 heterocycles. The van der Waals surface area contributed by atoms with Gasteiger partial charge in [-0.1, -0.05) is 25.3 Å². The van der Waals surface area contributed by atoms with Gasteiger partial charge in [-0.05, 0) is 37.1 Å². The van der Waals surface area contributed by atoms with E-state index in [2.05, 4.69) is 10.4 Å². The van der Waals surface area contributed by atoms with Crippen LogP contribution < -0.4 is 5.32 Å². The molecule has 3 rings (SSSR count). The monoisotopic (exact) mass is 313 g/mol. The Morgan fingerprint density at radius 2 is 2.13 bits per heavy atom. The molecule has 2 atom stereocenters. The Labute approximate surface area is 136 Å². The number of amides is 1. The smallest absolute Gasteiger partial charge is 0.251 e. The Hall–Kier alpha value is -2.14. The molecule has 5 heteroatoms. The van der Waals surface area contributed by atoms with Crippen LogP contribution in [-0.4, -0.2) is 33.4 Å². The lowest BCUT2D eigenvalue weighted by molar-refractivity contribution is 0.0899. The first kappa shape index (κ1) is 15.7. The van der Waals surface area contributed by atoms with Crippen molar-refractivity contribution in [3.63, 3.8) is 0 Å². The SMILES string of the molecule is O=C(NC1CCCCCC1CO)c1cccc(-n2cccn2)c1. The number of carbonyl (C=O) groups excluding carboxylic acids is 1. The van der Waals surface area contributed by atoms with Gasteiger partial charge in [0.05, 0.1) is 5.69 Å². The zero-order chi connectivity index (χ0) is 16.1. The number of carbonyl (C=O) groups is 1. The molecule has 5 nitrogen and oxygen atoms in total. The van der Waals surface area contributed by atoms with Crippen LogP contribution in [0, 0.1) is 5.92 Å². The third kappa shape index (κ3) is 3.79. The summed E-state index contributed by atoms with van der Waals surface area (Å²) in [5.41, 5.74) is 1.49. The minimum atomic E-state index is -0.0793. The van der Waals surface area contributed by atoms with Crippen LogP contribution in [0.5, 0.6) is 0 Å². The molecule has 0 aliphatic heterocycles. The first-order chi connectivity index (χ1) is 11.3. The molecule has 0 spiro atoms. The van der Waals surface area contributed by atoms with Crippen LogP contribution >= 0.6 is 0 Å². The number of hydrogen-bond donors (Lipinski definition) is 2. The molecule has 2 unspecified atom stereocenters. The number of benzene rings is 1. The van der Waals surface area contributed by atoms with Crippen molar-refractivity contribution in [2.45, 2.75) is 38.1 Å². The third-order valence-corrected chi connectivity index (χ3v) is 4.59. The number of aliphatic hydroxyl groups excluding tert-OH is 1. The van der Waals surface area contributed by atoms with Gasteiger partial charge in [-0.15, -0.1) is 0 Å². The maximum absolute atomic E-state index is 12.6. The second-order valence-corrected chi connectivity index (χ2v) is 6.16. The Kier molecular flexibility index (Phi) is 5.08. The summed E-state index contributed by atoms with van der Waals surface area (Å²) in [6, 6.07) is 9.35. The number of hydrogen-bond acceptors (Lipinski definition) is 3. The van der Waals surface area contributed by atoms with E-state index in [1.165, 1.54) is 6.42 Å². The van der Waals surface area contributed by atoms with Crippen LogP contribution in [0.3, 0.4) is 0 Å². The Morgan fingerprint density at radius 3 is 2.91 bits per heavy atom. The molecule has 0 saturated heterocycles. The zero-order valence-electron chi connectivity index (χ0n) is 13.2. The second kappa shape index (κ2) is 7.42. The van der Waals surface area contributed by atoms with E-state index in [-0.39, 0.29) is 24.5 Å². The lowest BCUT2D eigenvalue weighted by Crippen LogP contribution is -2.41. The number of nitrogens with zero attached hydrogens (tertiary/aromatic N) is 2. The fourth-order valence-electron chi connectivity index (χ4n) is 3.26. The largest absolute Gasteiger partial charge is 0.396 e. The van der Waals surface area contributed by atoms with Gasteiger partial charge in [0.1, 0.15) is 0 Å². The van der Waals surface area contributed by atoms with Crippen LogP contribution in [0.2, 0.25) is 0 Å². The van der Waals surface area contributed by atoms with E-state index < -0.39 is 0 Å². The van der Waals surface area contributed by atoms with E-state index in [0.717, 1.165) is 31.4 Å². The van der Waals surface area contributed by atoms with Crippen molar-refractivity contribution in [1.82, 2.24) is 15.1 Å². The molecule has 1 aliphatic carbocycles. The van der Waals surface area contributed by atoms with Crippen LogP contribution in [0.25, 0.3) is 5.69 Å². The van der Waals surface area contributed by atoms with Crippen molar-refractivity contribution in [1.29, 1.82) is 0 Å². The van der Waals surface area contributed by atoms with Crippen LogP contribution in [0.1, 0.15) is 42.5 Å². The molecule has 0 radical (unpaired) electrons. The summed E-state index contributed by atoms with van der Waals surface area (Å²) in [5.74, 6) is 0.0834. The number of nitrogens with one attached hydrogen (secondary N) is 1. The molecule has 1 saturated carbocycles. The molecule has 0 bridgehead atoms. The minimum absolute atomic E-state index is 0.0587. The Morgan fingerprint density at radius 1 is 1.26 bits per heavy atom. The highest BCUT2D eigenvalue weighted by molar-refractivity contribution is 5.94. The van der Waals surface area contributed by atoms with E-state index >= 15 is 0 Å². The molecule has 122 valence electrons. The van der Waals surface area contributed by atoms with Crippen LogP contribution in [0.15, 0.2) is 42.7 Å². The van der Waals surface area contributed by atoms with E-state index in [0.29, 0.717) is 5.56 Å². The molecular weight excluding hydrogens is 290 g/mol. The van der Waals surface area contributed by atoms with Gasteiger partial charge in [0.15, 0.2) is 0 Å². The van der Waals surface area contributed by atoms with Crippen molar-refractivity contribution >= 4 is 5.91 Å². The summed E-state index contributed by atoms with van der Waals surface area (Å²) in [5, 5.41) is 16.9.